The third-order valence-corrected chi connectivity index (χ3v) is 6.29. The van der Waals surface area contributed by atoms with Crippen LogP contribution in [0.4, 0.5) is 0 Å². The smallest absolute Gasteiger partial charge is 0.251 e. The number of benzene rings is 1. The van der Waals surface area contributed by atoms with Crippen molar-refractivity contribution in [3.63, 3.8) is 0 Å². The molecule has 2 saturated carbocycles. The van der Waals surface area contributed by atoms with E-state index >= 15 is 0 Å². The minimum absolute atomic E-state index is 0. The molecule has 2 atom stereocenters. The summed E-state index contributed by atoms with van der Waals surface area (Å²) in [6.07, 6.45) is 10.7. The fraction of sp³-hybridized carbons (Fsp3) is 0.650. The lowest BCUT2D eigenvalue weighted by Crippen LogP contribution is -2.53. The second-order valence-corrected chi connectivity index (χ2v) is 7.87. The summed E-state index contributed by atoms with van der Waals surface area (Å²) in [6.45, 7) is 0. The van der Waals surface area contributed by atoms with Crippen LogP contribution in [-0.4, -0.2) is 18.0 Å². The van der Waals surface area contributed by atoms with Crippen LogP contribution >= 0.6 is 12.4 Å². The van der Waals surface area contributed by atoms with E-state index in [1.54, 1.807) is 0 Å². The van der Waals surface area contributed by atoms with Gasteiger partial charge in [0.05, 0.1) is 0 Å². The Morgan fingerprint density at radius 3 is 2.38 bits per heavy atom. The molecule has 1 amide bonds. The van der Waals surface area contributed by atoms with Crippen molar-refractivity contribution in [1.82, 2.24) is 5.32 Å². The maximum atomic E-state index is 12.8. The number of carbonyl (C=O) groups excluding carboxylic acids is 1. The molecule has 1 aromatic rings. The first-order valence-electron chi connectivity index (χ1n) is 9.39. The van der Waals surface area contributed by atoms with Gasteiger partial charge in [0.15, 0.2) is 0 Å². The molecule has 3 aliphatic carbocycles. The zero-order valence-electron chi connectivity index (χ0n) is 14.3. The van der Waals surface area contributed by atoms with Crippen molar-refractivity contribution in [1.29, 1.82) is 0 Å². The molecule has 24 heavy (non-hydrogen) atoms. The Morgan fingerprint density at radius 2 is 1.67 bits per heavy atom. The van der Waals surface area contributed by atoms with Crippen LogP contribution in [0.5, 0.6) is 0 Å². The van der Waals surface area contributed by atoms with Crippen LogP contribution in [0.25, 0.3) is 0 Å². The van der Waals surface area contributed by atoms with E-state index in [-0.39, 0.29) is 18.3 Å². The minimum atomic E-state index is 0. The first-order valence-corrected chi connectivity index (χ1v) is 9.39. The Balaban J connectivity index is 0.00000169. The highest BCUT2D eigenvalue weighted by Gasteiger charge is 2.39. The molecule has 2 fully saturated rings. The lowest BCUT2D eigenvalue weighted by Gasteiger charge is -2.45. The van der Waals surface area contributed by atoms with Crippen LogP contribution in [0.3, 0.4) is 0 Å². The number of nitrogens with one attached hydrogen (secondary N) is 1. The lowest BCUT2D eigenvalue weighted by molar-refractivity contribution is 0.0756. The number of carbonyl (C=O) groups is 1. The van der Waals surface area contributed by atoms with E-state index in [9.17, 15) is 4.79 Å². The van der Waals surface area contributed by atoms with Gasteiger partial charge in [0, 0.05) is 17.6 Å². The standard InChI is InChI=1S/C20H28N2O.ClH/c21-18-11-15-6-3-7-16(12-18)19(15)22-20(23)17-9-8-13-4-1-2-5-14(13)10-17;/h8-10,15-16,18-19H,1-7,11-12,21H2,(H,22,23);1H. The average molecular weight is 349 g/mol. The van der Waals surface area contributed by atoms with E-state index in [1.165, 1.54) is 49.7 Å². The third-order valence-electron chi connectivity index (χ3n) is 6.29. The van der Waals surface area contributed by atoms with Gasteiger partial charge < -0.3 is 11.1 Å². The molecule has 132 valence electrons. The molecule has 4 rings (SSSR count). The fourth-order valence-corrected chi connectivity index (χ4v) is 5.13. The second kappa shape index (κ2) is 7.45. The van der Waals surface area contributed by atoms with E-state index in [2.05, 4.69) is 17.4 Å². The van der Waals surface area contributed by atoms with Crippen molar-refractivity contribution in [2.45, 2.75) is 69.9 Å². The molecule has 2 unspecified atom stereocenters. The first-order chi connectivity index (χ1) is 11.2. The Hall–Kier alpha value is -1.06. The van der Waals surface area contributed by atoms with Crippen LogP contribution < -0.4 is 11.1 Å². The Bertz CT molecular complexity index is 589. The van der Waals surface area contributed by atoms with E-state index in [1.807, 2.05) is 6.07 Å². The molecule has 4 heteroatoms. The van der Waals surface area contributed by atoms with Gasteiger partial charge in [-0.1, -0.05) is 12.5 Å². The molecule has 0 spiro atoms. The Morgan fingerprint density at radius 1 is 1.00 bits per heavy atom. The van der Waals surface area contributed by atoms with Gasteiger partial charge in [0.25, 0.3) is 5.91 Å². The van der Waals surface area contributed by atoms with Crippen molar-refractivity contribution < 1.29 is 4.79 Å². The van der Waals surface area contributed by atoms with E-state index in [0.717, 1.165) is 24.8 Å². The van der Waals surface area contributed by atoms with Crippen LogP contribution in [0.15, 0.2) is 18.2 Å². The van der Waals surface area contributed by atoms with E-state index < -0.39 is 0 Å². The monoisotopic (exact) mass is 348 g/mol. The van der Waals surface area contributed by atoms with Gasteiger partial charge in [-0.2, -0.15) is 0 Å². The molecule has 3 nitrogen and oxygen atoms in total. The number of fused-ring (bicyclic) bond motifs is 3. The first kappa shape index (κ1) is 17.8. The van der Waals surface area contributed by atoms with Crippen molar-refractivity contribution >= 4 is 18.3 Å². The molecular weight excluding hydrogens is 320 g/mol. The Kier molecular flexibility index (Phi) is 5.51. The quantitative estimate of drug-likeness (QED) is 0.857. The van der Waals surface area contributed by atoms with Crippen molar-refractivity contribution in [2.75, 3.05) is 0 Å². The topological polar surface area (TPSA) is 55.1 Å². The van der Waals surface area contributed by atoms with Crippen LogP contribution in [0, 0.1) is 11.8 Å². The van der Waals surface area contributed by atoms with Gasteiger partial charge in [-0.25, -0.2) is 0 Å². The number of hydrogen-bond acceptors (Lipinski definition) is 2. The molecule has 0 aliphatic heterocycles. The zero-order valence-corrected chi connectivity index (χ0v) is 15.1. The predicted octanol–water partition coefficient (Wildman–Crippen LogP) is 3.62. The number of hydrogen-bond donors (Lipinski definition) is 2. The number of amides is 1. The maximum Gasteiger partial charge on any atom is 0.251 e. The summed E-state index contributed by atoms with van der Waals surface area (Å²) in [4.78, 5) is 12.8. The van der Waals surface area contributed by atoms with E-state index in [0.29, 0.717) is 23.9 Å². The number of aryl methyl sites for hydroxylation is 2. The summed E-state index contributed by atoms with van der Waals surface area (Å²) in [5, 5.41) is 3.37. The Labute approximate surface area is 151 Å². The molecular formula is C20H29ClN2O. The van der Waals surface area contributed by atoms with Crippen LogP contribution in [0.1, 0.15) is 66.4 Å². The SMILES string of the molecule is Cl.NC1CC2CCCC(C1)C2NC(=O)c1ccc2c(c1)CCCC2. The van der Waals surface area contributed by atoms with Crippen molar-refractivity contribution in [2.24, 2.45) is 17.6 Å². The van der Waals surface area contributed by atoms with Gasteiger partial charge in [-0.15, -0.1) is 12.4 Å². The van der Waals surface area contributed by atoms with Crippen LogP contribution in [-0.2, 0) is 12.8 Å². The lowest BCUT2D eigenvalue weighted by atomic mass is 9.67. The van der Waals surface area contributed by atoms with Gasteiger partial charge in [0.1, 0.15) is 0 Å². The van der Waals surface area contributed by atoms with Gasteiger partial charge in [0.2, 0.25) is 0 Å². The molecule has 0 radical (unpaired) electrons. The summed E-state index contributed by atoms with van der Waals surface area (Å²) in [6, 6.07) is 6.99. The summed E-state index contributed by atoms with van der Waals surface area (Å²) in [7, 11) is 0. The fourth-order valence-electron chi connectivity index (χ4n) is 5.13. The molecule has 0 heterocycles. The van der Waals surface area contributed by atoms with Gasteiger partial charge in [-0.05, 0) is 86.5 Å². The highest BCUT2D eigenvalue weighted by atomic mass is 35.5. The van der Waals surface area contributed by atoms with Gasteiger partial charge >= 0.3 is 0 Å². The molecule has 0 aromatic heterocycles. The van der Waals surface area contributed by atoms with Crippen molar-refractivity contribution in [3.8, 4) is 0 Å². The van der Waals surface area contributed by atoms with Crippen molar-refractivity contribution in [3.05, 3.63) is 34.9 Å². The molecule has 1 aromatic carbocycles. The zero-order chi connectivity index (χ0) is 15.8. The number of nitrogens with two attached hydrogens (primary N) is 1. The number of halogens is 1. The molecule has 2 bridgehead atoms. The summed E-state index contributed by atoms with van der Waals surface area (Å²) in [5.41, 5.74) is 9.86. The predicted molar refractivity (Wildman–Crippen MR) is 99.6 cm³/mol. The normalized spacial score (nSPS) is 31.5. The minimum Gasteiger partial charge on any atom is -0.349 e. The van der Waals surface area contributed by atoms with E-state index in [4.69, 9.17) is 5.73 Å². The van der Waals surface area contributed by atoms with Crippen LogP contribution in [0.2, 0.25) is 0 Å². The van der Waals surface area contributed by atoms with Gasteiger partial charge in [-0.3, -0.25) is 4.79 Å². The molecule has 0 saturated heterocycles. The summed E-state index contributed by atoms with van der Waals surface area (Å²) in [5.74, 6) is 1.29. The highest BCUT2D eigenvalue weighted by Crippen LogP contribution is 2.39. The summed E-state index contributed by atoms with van der Waals surface area (Å²) >= 11 is 0. The maximum absolute atomic E-state index is 12.8. The second-order valence-electron chi connectivity index (χ2n) is 7.87. The largest absolute Gasteiger partial charge is 0.349 e. The highest BCUT2D eigenvalue weighted by molar-refractivity contribution is 5.94. The average Bonchev–Trinajstić information content (AvgIpc) is 2.55. The molecule has 3 N–H and O–H groups in total. The molecule has 3 aliphatic rings. The third kappa shape index (κ3) is 3.48. The number of rotatable bonds is 2. The summed E-state index contributed by atoms with van der Waals surface area (Å²) < 4.78 is 0.